The Kier molecular flexibility index (Phi) is 12.2. The third-order valence-corrected chi connectivity index (χ3v) is 3.57. The van der Waals surface area contributed by atoms with Gasteiger partial charge in [-0.2, -0.15) is 12.6 Å². The van der Waals surface area contributed by atoms with Crippen molar-refractivity contribution in [1.82, 2.24) is 0 Å². The first kappa shape index (κ1) is 16.8. The van der Waals surface area contributed by atoms with Gasteiger partial charge >= 0.3 is 0 Å². The predicted octanol–water partition coefficient (Wildman–Crippen LogP) is 3.35. The van der Waals surface area contributed by atoms with Crippen molar-refractivity contribution in [2.45, 2.75) is 82.8 Å². The highest BCUT2D eigenvalue weighted by Crippen LogP contribution is 2.13. The maximum absolute atomic E-state index is 10.4. The van der Waals surface area contributed by atoms with Gasteiger partial charge in [-0.15, -0.1) is 0 Å². The van der Waals surface area contributed by atoms with Crippen LogP contribution in [-0.2, 0) is 4.79 Å². The Bertz CT molecular complexity index is 183. The largest absolute Gasteiger partial charge is 0.549 e. The lowest BCUT2D eigenvalue weighted by atomic mass is 10.1. The molecule has 17 heavy (non-hydrogen) atoms. The van der Waals surface area contributed by atoms with Gasteiger partial charge < -0.3 is 9.90 Å². The van der Waals surface area contributed by atoms with Gasteiger partial charge in [0, 0.05) is 5.25 Å². The normalized spacial score (nSPS) is 12.6. The van der Waals surface area contributed by atoms with Gasteiger partial charge in [-0.3, -0.25) is 0 Å². The lowest BCUT2D eigenvalue weighted by Gasteiger charge is -2.10. The van der Waals surface area contributed by atoms with Gasteiger partial charge in [-0.1, -0.05) is 71.1 Å². The summed E-state index contributed by atoms with van der Waals surface area (Å²) >= 11 is 3.95. The molecule has 2 nitrogen and oxygen atoms in total. The Morgan fingerprint density at radius 2 is 1.35 bits per heavy atom. The first-order valence-corrected chi connectivity index (χ1v) is 7.59. The Labute approximate surface area is 112 Å². The molecule has 0 aliphatic rings. The van der Waals surface area contributed by atoms with Crippen molar-refractivity contribution >= 4 is 18.6 Å². The summed E-state index contributed by atoms with van der Waals surface area (Å²) in [5, 5.41) is 9.82. The molecule has 0 amide bonds. The number of unbranched alkanes of at least 4 members (excludes halogenated alkanes) is 9. The first-order valence-electron chi connectivity index (χ1n) is 7.07. The Balaban J connectivity index is 3.06. The molecule has 0 aliphatic heterocycles. The standard InChI is InChI=1S/C14H28O2S/c1-2-3-4-5-6-7-8-9-10-11-12-13(17)14(15)16/h13,17H,2-12H2,1H3,(H,15,16)/p-1. The number of thiol groups is 1. The van der Waals surface area contributed by atoms with Crippen LogP contribution in [0.3, 0.4) is 0 Å². The molecule has 102 valence electrons. The van der Waals surface area contributed by atoms with Crippen LogP contribution in [0.5, 0.6) is 0 Å². The highest BCUT2D eigenvalue weighted by molar-refractivity contribution is 7.81. The van der Waals surface area contributed by atoms with Crippen molar-refractivity contribution in [2.75, 3.05) is 0 Å². The number of carbonyl (C=O) groups excluding carboxylic acids is 1. The molecule has 0 saturated carbocycles. The second-order valence-electron chi connectivity index (χ2n) is 4.81. The summed E-state index contributed by atoms with van der Waals surface area (Å²) in [7, 11) is 0. The van der Waals surface area contributed by atoms with E-state index >= 15 is 0 Å². The molecule has 0 radical (unpaired) electrons. The van der Waals surface area contributed by atoms with E-state index in [4.69, 9.17) is 0 Å². The van der Waals surface area contributed by atoms with Crippen LogP contribution in [0.1, 0.15) is 77.6 Å². The van der Waals surface area contributed by atoms with E-state index in [0.717, 1.165) is 12.8 Å². The number of hydrogen-bond donors (Lipinski definition) is 1. The van der Waals surface area contributed by atoms with Crippen molar-refractivity contribution in [3.63, 3.8) is 0 Å². The van der Waals surface area contributed by atoms with Crippen LogP contribution in [0.25, 0.3) is 0 Å². The van der Waals surface area contributed by atoms with Crippen molar-refractivity contribution in [3.05, 3.63) is 0 Å². The topological polar surface area (TPSA) is 40.1 Å². The number of carboxylic acids is 1. The maximum atomic E-state index is 10.4. The lowest BCUT2D eigenvalue weighted by molar-refractivity contribution is -0.304. The number of hydrogen-bond acceptors (Lipinski definition) is 3. The lowest BCUT2D eigenvalue weighted by Crippen LogP contribution is -2.31. The summed E-state index contributed by atoms with van der Waals surface area (Å²) in [5.41, 5.74) is 0. The SMILES string of the molecule is CCCCCCCCCCCCC(S)C(=O)[O-]. The molecular formula is C14H27O2S-. The Morgan fingerprint density at radius 1 is 0.941 bits per heavy atom. The molecule has 0 fully saturated rings. The van der Waals surface area contributed by atoms with Crippen LogP contribution in [0.4, 0.5) is 0 Å². The third-order valence-electron chi connectivity index (χ3n) is 3.10. The van der Waals surface area contributed by atoms with E-state index in [2.05, 4.69) is 19.6 Å². The van der Waals surface area contributed by atoms with Crippen molar-refractivity contribution in [3.8, 4) is 0 Å². The fourth-order valence-corrected chi connectivity index (χ4v) is 2.13. The zero-order valence-corrected chi connectivity index (χ0v) is 12.0. The van der Waals surface area contributed by atoms with Gasteiger partial charge in [-0.05, 0) is 6.42 Å². The van der Waals surface area contributed by atoms with E-state index in [9.17, 15) is 9.90 Å². The van der Waals surface area contributed by atoms with Gasteiger partial charge in [0.2, 0.25) is 0 Å². The second kappa shape index (κ2) is 12.3. The monoisotopic (exact) mass is 259 g/mol. The summed E-state index contributed by atoms with van der Waals surface area (Å²) < 4.78 is 0. The smallest absolute Gasteiger partial charge is 0.0541 e. The highest BCUT2D eigenvalue weighted by Gasteiger charge is 2.02. The van der Waals surface area contributed by atoms with Crippen LogP contribution in [0, 0.1) is 0 Å². The molecular weight excluding hydrogens is 232 g/mol. The van der Waals surface area contributed by atoms with E-state index in [-0.39, 0.29) is 0 Å². The zero-order chi connectivity index (χ0) is 12.9. The second-order valence-corrected chi connectivity index (χ2v) is 5.43. The van der Waals surface area contributed by atoms with Crippen LogP contribution in [-0.4, -0.2) is 11.2 Å². The van der Waals surface area contributed by atoms with E-state index in [1.54, 1.807) is 0 Å². The predicted molar refractivity (Wildman–Crippen MR) is 74.2 cm³/mol. The van der Waals surface area contributed by atoms with Crippen molar-refractivity contribution in [2.24, 2.45) is 0 Å². The maximum Gasteiger partial charge on any atom is 0.0541 e. The minimum absolute atomic E-state index is 0.580. The first-order chi connectivity index (χ1) is 8.18. The summed E-state index contributed by atoms with van der Waals surface area (Å²) in [6.45, 7) is 2.24. The van der Waals surface area contributed by atoms with Crippen LogP contribution >= 0.6 is 12.6 Å². The molecule has 0 aromatic rings. The fourth-order valence-electron chi connectivity index (χ4n) is 1.94. The number of carbonyl (C=O) groups is 1. The van der Waals surface area contributed by atoms with Gasteiger partial charge in [0.1, 0.15) is 0 Å². The Morgan fingerprint density at radius 3 is 1.76 bits per heavy atom. The molecule has 0 heterocycles. The average Bonchev–Trinajstić information content (AvgIpc) is 2.31. The van der Waals surface area contributed by atoms with Gasteiger partial charge in [0.15, 0.2) is 0 Å². The minimum atomic E-state index is -1.04. The number of carboxylic acid groups (broad SMARTS) is 1. The molecule has 0 aromatic carbocycles. The van der Waals surface area contributed by atoms with Gasteiger partial charge in [0.25, 0.3) is 0 Å². The van der Waals surface area contributed by atoms with E-state index in [0.29, 0.717) is 6.42 Å². The highest BCUT2D eigenvalue weighted by atomic mass is 32.1. The molecule has 1 unspecified atom stereocenters. The number of aliphatic carboxylic acids is 1. The molecule has 0 aliphatic carbocycles. The fraction of sp³-hybridized carbons (Fsp3) is 0.929. The Hall–Kier alpha value is -0.180. The van der Waals surface area contributed by atoms with E-state index in [1.165, 1.54) is 51.4 Å². The van der Waals surface area contributed by atoms with Crippen LogP contribution in [0.15, 0.2) is 0 Å². The summed E-state index contributed by atoms with van der Waals surface area (Å²) in [6.07, 6.45) is 13.3. The molecule has 0 N–H and O–H groups in total. The van der Waals surface area contributed by atoms with Crippen molar-refractivity contribution < 1.29 is 9.90 Å². The summed E-state index contributed by atoms with van der Waals surface area (Å²) in [4.78, 5) is 10.4. The molecule has 3 heteroatoms. The van der Waals surface area contributed by atoms with Gasteiger partial charge in [0.05, 0.1) is 5.97 Å². The quantitative estimate of drug-likeness (QED) is 0.431. The average molecular weight is 259 g/mol. The third kappa shape index (κ3) is 12.1. The molecule has 0 aromatic heterocycles. The minimum Gasteiger partial charge on any atom is -0.549 e. The molecule has 0 bridgehead atoms. The number of rotatable bonds is 12. The molecule has 0 rings (SSSR count). The molecule has 0 saturated heterocycles. The van der Waals surface area contributed by atoms with Gasteiger partial charge in [-0.25, -0.2) is 0 Å². The summed E-state index contributed by atoms with van der Waals surface area (Å²) in [5.74, 6) is -1.04. The van der Waals surface area contributed by atoms with Crippen molar-refractivity contribution in [1.29, 1.82) is 0 Å². The summed E-state index contributed by atoms with van der Waals surface area (Å²) in [6, 6.07) is 0. The molecule has 0 spiro atoms. The van der Waals surface area contributed by atoms with E-state index in [1.807, 2.05) is 0 Å². The zero-order valence-electron chi connectivity index (χ0n) is 11.1. The van der Waals surface area contributed by atoms with E-state index < -0.39 is 11.2 Å². The van der Waals surface area contributed by atoms with Crippen LogP contribution < -0.4 is 5.11 Å². The molecule has 1 atom stereocenters. The van der Waals surface area contributed by atoms with Crippen LogP contribution in [0.2, 0.25) is 0 Å².